The van der Waals surface area contributed by atoms with Gasteiger partial charge in [0.1, 0.15) is 5.01 Å². The molecular weight excluding hydrogens is 248 g/mol. The fraction of sp³-hybridized carbons (Fsp3) is 0.462. The van der Waals surface area contributed by atoms with Crippen molar-refractivity contribution >= 4 is 22.7 Å². The third kappa shape index (κ3) is 2.30. The van der Waals surface area contributed by atoms with Crippen molar-refractivity contribution in [2.45, 2.75) is 24.8 Å². The maximum absolute atomic E-state index is 4.49. The van der Waals surface area contributed by atoms with Gasteiger partial charge in [0, 0.05) is 16.5 Å². The van der Waals surface area contributed by atoms with Crippen molar-refractivity contribution in [2.24, 2.45) is 0 Å². The topological polar surface area (TPSA) is 16.1 Å². The van der Waals surface area contributed by atoms with Gasteiger partial charge in [0.25, 0.3) is 0 Å². The van der Waals surface area contributed by atoms with Gasteiger partial charge in [-0.1, -0.05) is 6.07 Å². The first-order chi connectivity index (χ1) is 8.34. The Morgan fingerprint density at radius 3 is 3.00 bits per heavy atom. The molecule has 0 bridgehead atoms. The number of rotatable bonds is 2. The Kier molecular flexibility index (Phi) is 3.27. The van der Waals surface area contributed by atoms with Crippen molar-refractivity contribution in [3.8, 4) is 0 Å². The summed E-state index contributed by atoms with van der Waals surface area (Å²) in [6, 6.07) is 4.95. The van der Waals surface area contributed by atoms with Crippen LogP contribution in [0.2, 0.25) is 0 Å². The standard InChI is InChI=1S/C13H16N2S2/c1-15-6-4-10(12-3-2-7-16-12)9-11(15)13-14-5-8-17-13/h2-3,5,7-8,10-11H,4,6,9H2,1H3. The van der Waals surface area contributed by atoms with Crippen molar-refractivity contribution in [3.63, 3.8) is 0 Å². The average Bonchev–Trinajstić information content (AvgIpc) is 3.03. The highest BCUT2D eigenvalue weighted by atomic mass is 32.1. The highest BCUT2D eigenvalue weighted by molar-refractivity contribution is 7.10. The molecule has 2 aromatic heterocycles. The summed E-state index contributed by atoms with van der Waals surface area (Å²) in [5, 5.41) is 5.54. The summed E-state index contributed by atoms with van der Waals surface area (Å²) in [7, 11) is 2.22. The van der Waals surface area contributed by atoms with Crippen LogP contribution in [-0.4, -0.2) is 23.5 Å². The molecule has 0 N–H and O–H groups in total. The Morgan fingerprint density at radius 2 is 2.29 bits per heavy atom. The SMILES string of the molecule is CN1CCC(c2cccs2)CC1c1nccs1. The maximum Gasteiger partial charge on any atom is 0.110 e. The van der Waals surface area contributed by atoms with Crippen molar-refractivity contribution in [1.29, 1.82) is 0 Å². The van der Waals surface area contributed by atoms with Gasteiger partial charge in [0.15, 0.2) is 0 Å². The predicted octanol–water partition coefficient (Wildman–Crippen LogP) is 3.76. The van der Waals surface area contributed by atoms with Crippen molar-refractivity contribution in [2.75, 3.05) is 13.6 Å². The summed E-state index contributed by atoms with van der Waals surface area (Å²) in [5.74, 6) is 0.722. The summed E-state index contributed by atoms with van der Waals surface area (Å²) in [4.78, 5) is 8.48. The van der Waals surface area contributed by atoms with E-state index in [4.69, 9.17) is 0 Å². The molecule has 17 heavy (non-hydrogen) atoms. The van der Waals surface area contributed by atoms with Gasteiger partial charge in [-0.15, -0.1) is 22.7 Å². The number of thiazole rings is 1. The zero-order valence-corrected chi connectivity index (χ0v) is 11.5. The van der Waals surface area contributed by atoms with Gasteiger partial charge in [-0.3, -0.25) is 4.90 Å². The zero-order valence-electron chi connectivity index (χ0n) is 9.87. The Balaban J connectivity index is 1.80. The summed E-state index contributed by atoms with van der Waals surface area (Å²) < 4.78 is 0. The zero-order chi connectivity index (χ0) is 11.7. The predicted molar refractivity (Wildman–Crippen MR) is 73.8 cm³/mol. The number of hydrogen-bond donors (Lipinski definition) is 0. The second-order valence-electron chi connectivity index (χ2n) is 4.60. The summed E-state index contributed by atoms with van der Waals surface area (Å²) in [6.45, 7) is 1.17. The van der Waals surface area contributed by atoms with E-state index in [2.05, 4.69) is 39.8 Å². The molecule has 0 spiro atoms. The Hall–Kier alpha value is -0.710. The molecule has 4 heteroatoms. The van der Waals surface area contributed by atoms with E-state index in [1.165, 1.54) is 24.4 Å². The number of thiophene rings is 1. The van der Waals surface area contributed by atoms with Crippen LogP contribution in [0.5, 0.6) is 0 Å². The first-order valence-corrected chi connectivity index (χ1v) is 7.73. The van der Waals surface area contributed by atoms with E-state index in [9.17, 15) is 0 Å². The average molecular weight is 264 g/mol. The number of nitrogens with zero attached hydrogens (tertiary/aromatic N) is 2. The molecule has 1 aliphatic rings. The monoisotopic (exact) mass is 264 g/mol. The van der Waals surface area contributed by atoms with Gasteiger partial charge >= 0.3 is 0 Å². The lowest BCUT2D eigenvalue weighted by atomic mass is 9.90. The summed E-state index contributed by atoms with van der Waals surface area (Å²) >= 11 is 3.68. The minimum absolute atomic E-state index is 0.510. The molecule has 2 unspecified atom stereocenters. The van der Waals surface area contributed by atoms with E-state index in [1.54, 1.807) is 16.2 Å². The first-order valence-electron chi connectivity index (χ1n) is 5.97. The molecule has 2 atom stereocenters. The van der Waals surface area contributed by atoms with Crippen LogP contribution in [0, 0.1) is 0 Å². The minimum Gasteiger partial charge on any atom is -0.297 e. The van der Waals surface area contributed by atoms with Crippen LogP contribution in [0.4, 0.5) is 0 Å². The minimum atomic E-state index is 0.510. The lowest BCUT2D eigenvalue weighted by Gasteiger charge is -2.35. The van der Waals surface area contributed by atoms with E-state index in [-0.39, 0.29) is 0 Å². The van der Waals surface area contributed by atoms with Crippen LogP contribution < -0.4 is 0 Å². The van der Waals surface area contributed by atoms with Gasteiger partial charge in [0.05, 0.1) is 6.04 Å². The Bertz CT molecular complexity index is 450. The molecule has 0 radical (unpaired) electrons. The lowest BCUT2D eigenvalue weighted by Crippen LogP contribution is -2.32. The fourth-order valence-electron chi connectivity index (χ4n) is 2.55. The van der Waals surface area contributed by atoms with E-state index >= 15 is 0 Å². The smallest absolute Gasteiger partial charge is 0.110 e. The number of hydrogen-bond acceptors (Lipinski definition) is 4. The highest BCUT2D eigenvalue weighted by Crippen LogP contribution is 2.40. The molecule has 90 valence electrons. The van der Waals surface area contributed by atoms with Gasteiger partial charge in [-0.05, 0) is 43.8 Å². The maximum atomic E-state index is 4.49. The number of piperidine rings is 1. The molecule has 0 saturated carbocycles. The van der Waals surface area contributed by atoms with Crippen LogP contribution in [0.15, 0.2) is 29.1 Å². The molecule has 0 aliphatic carbocycles. The molecule has 3 heterocycles. The quantitative estimate of drug-likeness (QED) is 0.821. The largest absolute Gasteiger partial charge is 0.297 e. The Morgan fingerprint density at radius 1 is 1.35 bits per heavy atom. The van der Waals surface area contributed by atoms with E-state index in [0.717, 1.165) is 5.92 Å². The van der Waals surface area contributed by atoms with Crippen LogP contribution in [0.3, 0.4) is 0 Å². The van der Waals surface area contributed by atoms with Crippen molar-refractivity contribution in [1.82, 2.24) is 9.88 Å². The van der Waals surface area contributed by atoms with E-state index in [1.807, 2.05) is 17.5 Å². The molecule has 3 rings (SSSR count). The molecule has 2 aromatic rings. The van der Waals surface area contributed by atoms with Gasteiger partial charge in [-0.2, -0.15) is 0 Å². The molecule has 2 nitrogen and oxygen atoms in total. The first kappa shape index (κ1) is 11.4. The molecule has 0 aromatic carbocycles. The molecule has 1 aliphatic heterocycles. The Labute approximate surface area is 110 Å². The van der Waals surface area contributed by atoms with Gasteiger partial charge in [0.2, 0.25) is 0 Å². The third-order valence-corrected chi connectivity index (χ3v) is 5.46. The second-order valence-corrected chi connectivity index (χ2v) is 6.51. The highest BCUT2D eigenvalue weighted by Gasteiger charge is 2.29. The second kappa shape index (κ2) is 4.88. The number of aromatic nitrogens is 1. The summed E-state index contributed by atoms with van der Waals surface area (Å²) in [6.07, 6.45) is 4.41. The van der Waals surface area contributed by atoms with Gasteiger partial charge in [-0.25, -0.2) is 4.98 Å². The van der Waals surface area contributed by atoms with Gasteiger partial charge < -0.3 is 0 Å². The fourth-order valence-corrected chi connectivity index (χ4v) is 4.25. The normalized spacial score (nSPS) is 26.2. The number of likely N-dealkylation sites (tertiary alicyclic amines) is 1. The third-order valence-electron chi connectivity index (χ3n) is 3.55. The molecule has 0 amide bonds. The van der Waals surface area contributed by atoms with Crippen LogP contribution in [-0.2, 0) is 0 Å². The molecule has 1 fully saturated rings. The van der Waals surface area contributed by atoms with Crippen LogP contribution in [0.25, 0.3) is 0 Å². The molecular formula is C13H16N2S2. The van der Waals surface area contributed by atoms with Crippen molar-refractivity contribution in [3.05, 3.63) is 39.0 Å². The van der Waals surface area contributed by atoms with Crippen LogP contribution >= 0.6 is 22.7 Å². The molecule has 1 saturated heterocycles. The van der Waals surface area contributed by atoms with Crippen LogP contribution in [0.1, 0.15) is 34.7 Å². The lowest BCUT2D eigenvalue weighted by molar-refractivity contribution is 0.171. The van der Waals surface area contributed by atoms with E-state index < -0.39 is 0 Å². The summed E-state index contributed by atoms with van der Waals surface area (Å²) in [5.41, 5.74) is 0. The van der Waals surface area contributed by atoms with Crippen molar-refractivity contribution < 1.29 is 0 Å². The van der Waals surface area contributed by atoms with E-state index in [0.29, 0.717) is 6.04 Å².